The zero-order valence-electron chi connectivity index (χ0n) is 10.6. The van der Waals surface area contributed by atoms with Crippen molar-refractivity contribution in [1.29, 1.82) is 0 Å². The van der Waals surface area contributed by atoms with E-state index >= 15 is 0 Å². The molecule has 0 N–H and O–H groups in total. The molecule has 0 radical (unpaired) electrons. The van der Waals surface area contributed by atoms with Gasteiger partial charge in [0.05, 0.1) is 4.92 Å². The lowest BCUT2D eigenvalue weighted by Crippen LogP contribution is -2.38. The summed E-state index contributed by atoms with van der Waals surface area (Å²) < 4.78 is 0.521. The van der Waals surface area contributed by atoms with Crippen molar-refractivity contribution in [3.63, 3.8) is 0 Å². The summed E-state index contributed by atoms with van der Waals surface area (Å²) >= 11 is 6.49. The van der Waals surface area contributed by atoms with Gasteiger partial charge in [0.2, 0.25) is 0 Å². The number of hydrogen-bond acceptors (Lipinski definition) is 3. The Balaban J connectivity index is 3.13. The fourth-order valence-electron chi connectivity index (χ4n) is 1.65. The average Bonchev–Trinajstić information content (AvgIpc) is 2.33. The van der Waals surface area contributed by atoms with Crippen molar-refractivity contribution in [2.24, 2.45) is 0 Å². The van der Waals surface area contributed by atoms with E-state index in [-0.39, 0.29) is 17.6 Å². The van der Waals surface area contributed by atoms with Crippen molar-refractivity contribution < 1.29 is 9.72 Å². The molecular formula is C12H14Br2N2O3. The lowest BCUT2D eigenvalue weighted by atomic mass is 10.1. The number of nitro benzene ring substituents is 1. The van der Waals surface area contributed by atoms with E-state index in [2.05, 4.69) is 31.9 Å². The van der Waals surface area contributed by atoms with Gasteiger partial charge in [-0.25, -0.2) is 0 Å². The predicted octanol–water partition coefficient (Wildman–Crippen LogP) is 3.60. The lowest BCUT2D eigenvalue weighted by molar-refractivity contribution is -0.385. The first-order chi connectivity index (χ1) is 8.86. The third kappa shape index (κ3) is 4.28. The molecule has 0 bridgehead atoms. The second-order valence-corrected chi connectivity index (χ2v) is 5.95. The molecule has 0 saturated heterocycles. The van der Waals surface area contributed by atoms with Crippen molar-refractivity contribution in [2.75, 3.05) is 11.9 Å². The first kappa shape index (κ1) is 16.1. The van der Waals surface area contributed by atoms with E-state index in [9.17, 15) is 14.9 Å². The number of rotatable bonds is 5. The second-order valence-electron chi connectivity index (χ2n) is 4.24. The molecule has 1 aromatic rings. The van der Waals surface area contributed by atoms with Crippen LogP contribution >= 0.6 is 31.9 Å². The fourth-order valence-corrected chi connectivity index (χ4v) is 2.52. The summed E-state index contributed by atoms with van der Waals surface area (Å²) in [6.45, 7) is 4.37. The average molecular weight is 394 g/mol. The number of non-ortho nitro benzene ring substituents is 1. The highest BCUT2D eigenvalue weighted by Gasteiger charge is 2.21. The quantitative estimate of drug-likeness (QED) is 0.436. The second kappa shape index (κ2) is 7.00. The minimum Gasteiger partial charge on any atom is -0.335 e. The summed E-state index contributed by atoms with van der Waals surface area (Å²) in [5.74, 6) is -0.209. The van der Waals surface area contributed by atoms with Crippen LogP contribution in [0.2, 0.25) is 0 Å². The first-order valence-electron chi connectivity index (χ1n) is 5.68. The van der Waals surface area contributed by atoms with Gasteiger partial charge in [-0.05, 0) is 19.9 Å². The maximum atomic E-state index is 12.4. The Hall–Kier alpha value is -0.950. The van der Waals surface area contributed by atoms with E-state index in [1.54, 1.807) is 11.0 Å². The molecule has 0 heterocycles. The van der Waals surface area contributed by atoms with Crippen molar-refractivity contribution in [2.45, 2.75) is 19.9 Å². The number of nitrogens with zero attached hydrogens (tertiary/aromatic N) is 2. The summed E-state index contributed by atoms with van der Waals surface area (Å²) in [6.07, 6.45) is 0. The van der Waals surface area contributed by atoms with Crippen molar-refractivity contribution in [3.05, 3.63) is 38.3 Å². The molecule has 5 nitrogen and oxygen atoms in total. The van der Waals surface area contributed by atoms with E-state index in [4.69, 9.17) is 0 Å². The molecule has 1 amide bonds. The molecule has 0 saturated carbocycles. The van der Waals surface area contributed by atoms with Crippen LogP contribution in [0.3, 0.4) is 0 Å². The molecule has 0 aliphatic heterocycles. The summed E-state index contributed by atoms with van der Waals surface area (Å²) in [5.41, 5.74) is 0.219. The Bertz CT molecular complexity index is 492. The SMILES string of the molecule is CC(C)N(CCBr)C(=O)c1cc(Br)cc([N+](=O)[O-])c1. The van der Waals surface area contributed by atoms with Crippen LogP contribution in [0.4, 0.5) is 5.69 Å². The van der Waals surface area contributed by atoms with Crippen LogP contribution < -0.4 is 0 Å². The number of carbonyl (C=O) groups excluding carboxylic acids is 1. The monoisotopic (exact) mass is 392 g/mol. The highest BCUT2D eigenvalue weighted by molar-refractivity contribution is 9.10. The minimum atomic E-state index is -0.508. The van der Waals surface area contributed by atoms with Gasteiger partial charge >= 0.3 is 0 Å². The third-order valence-electron chi connectivity index (χ3n) is 2.55. The molecule has 7 heteroatoms. The Morgan fingerprint density at radius 1 is 1.42 bits per heavy atom. The standard InChI is InChI=1S/C12H14Br2N2O3/c1-8(2)15(4-3-13)12(17)9-5-10(14)7-11(6-9)16(18)19/h5-8H,3-4H2,1-2H3. The Morgan fingerprint density at radius 2 is 2.05 bits per heavy atom. The van der Waals surface area contributed by atoms with E-state index in [1.165, 1.54) is 12.1 Å². The van der Waals surface area contributed by atoms with Gasteiger partial charge in [0.25, 0.3) is 11.6 Å². The zero-order chi connectivity index (χ0) is 14.6. The summed E-state index contributed by atoms with van der Waals surface area (Å²) in [4.78, 5) is 24.3. The normalized spacial score (nSPS) is 10.6. The number of carbonyl (C=O) groups is 1. The molecule has 1 aromatic carbocycles. The van der Waals surface area contributed by atoms with Gasteiger partial charge in [0.1, 0.15) is 0 Å². The molecule has 0 fully saturated rings. The summed E-state index contributed by atoms with van der Waals surface area (Å²) in [5, 5.41) is 11.5. The number of alkyl halides is 1. The van der Waals surface area contributed by atoms with Crippen LogP contribution in [0.5, 0.6) is 0 Å². The maximum Gasteiger partial charge on any atom is 0.271 e. The fraction of sp³-hybridized carbons (Fsp3) is 0.417. The first-order valence-corrected chi connectivity index (χ1v) is 7.60. The van der Waals surface area contributed by atoms with Gasteiger partial charge in [-0.15, -0.1) is 0 Å². The molecule has 0 aromatic heterocycles. The minimum absolute atomic E-state index is 0.0306. The van der Waals surface area contributed by atoms with E-state index in [1.807, 2.05) is 13.8 Å². The van der Waals surface area contributed by atoms with Crippen molar-refractivity contribution in [3.8, 4) is 0 Å². The summed E-state index contributed by atoms with van der Waals surface area (Å²) in [7, 11) is 0. The Kier molecular flexibility index (Phi) is 5.93. The molecule has 0 aliphatic carbocycles. The maximum absolute atomic E-state index is 12.4. The number of halogens is 2. The summed E-state index contributed by atoms with van der Waals surface area (Å²) in [6, 6.07) is 4.31. The highest BCUT2D eigenvalue weighted by Crippen LogP contribution is 2.23. The number of benzene rings is 1. The van der Waals surface area contributed by atoms with Crippen molar-refractivity contribution in [1.82, 2.24) is 4.90 Å². The van der Waals surface area contributed by atoms with Crippen LogP contribution in [0.1, 0.15) is 24.2 Å². The van der Waals surface area contributed by atoms with Gasteiger partial charge in [-0.2, -0.15) is 0 Å². The molecular weight excluding hydrogens is 380 g/mol. The van der Waals surface area contributed by atoms with Gasteiger partial charge in [-0.1, -0.05) is 31.9 Å². The number of nitro groups is 1. The van der Waals surface area contributed by atoms with Crippen LogP contribution in [-0.4, -0.2) is 33.6 Å². The molecule has 104 valence electrons. The van der Waals surface area contributed by atoms with Crippen LogP contribution in [0.25, 0.3) is 0 Å². The predicted molar refractivity (Wildman–Crippen MR) is 80.8 cm³/mol. The van der Waals surface area contributed by atoms with E-state index < -0.39 is 4.92 Å². The van der Waals surface area contributed by atoms with E-state index in [0.717, 1.165) is 0 Å². The van der Waals surface area contributed by atoms with Crippen LogP contribution in [-0.2, 0) is 0 Å². The molecule has 1 rings (SSSR count). The van der Waals surface area contributed by atoms with Crippen LogP contribution in [0, 0.1) is 10.1 Å². The molecule has 0 spiro atoms. The Labute approximate surface area is 128 Å². The molecule has 0 atom stereocenters. The number of hydrogen-bond donors (Lipinski definition) is 0. The Morgan fingerprint density at radius 3 is 2.53 bits per heavy atom. The van der Waals surface area contributed by atoms with Crippen molar-refractivity contribution >= 4 is 43.5 Å². The molecule has 19 heavy (non-hydrogen) atoms. The van der Waals surface area contributed by atoms with Crippen LogP contribution in [0.15, 0.2) is 22.7 Å². The van der Waals surface area contributed by atoms with Gasteiger partial charge in [-0.3, -0.25) is 14.9 Å². The smallest absolute Gasteiger partial charge is 0.271 e. The van der Waals surface area contributed by atoms with Gasteiger partial charge < -0.3 is 4.90 Å². The van der Waals surface area contributed by atoms with Gasteiger partial charge in [0.15, 0.2) is 0 Å². The third-order valence-corrected chi connectivity index (χ3v) is 3.36. The van der Waals surface area contributed by atoms with Gasteiger partial charge in [0, 0.05) is 40.1 Å². The molecule has 0 aliphatic rings. The largest absolute Gasteiger partial charge is 0.335 e. The molecule has 0 unspecified atom stereocenters. The number of amides is 1. The van der Waals surface area contributed by atoms with E-state index in [0.29, 0.717) is 21.9 Å². The zero-order valence-corrected chi connectivity index (χ0v) is 13.8. The lowest BCUT2D eigenvalue weighted by Gasteiger charge is -2.26. The highest BCUT2D eigenvalue weighted by atomic mass is 79.9. The topological polar surface area (TPSA) is 63.5 Å².